The molecule has 120 valence electrons. The van der Waals surface area contributed by atoms with E-state index in [2.05, 4.69) is 0 Å². The lowest BCUT2D eigenvalue weighted by Gasteiger charge is -2.21. The maximum Gasteiger partial charge on any atom is 0.228 e. The molecular weight excluding hydrogens is 325 g/mol. The molecule has 2 atom stereocenters. The molecule has 0 aliphatic carbocycles. The number of anilines is 1. The molecular formula is C15H19Cl2N3O2. The summed E-state index contributed by atoms with van der Waals surface area (Å²) < 4.78 is 0. The third-order valence-corrected chi connectivity index (χ3v) is 4.47. The van der Waals surface area contributed by atoms with Gasteiger partial charge >= 0.3 is 0 Å². The zero-order chi connectivity index (χ0) is 15.0. The van der Waals surface area contributed by atoms with Gasteiger partial charge in [-0.25, -0.2) is 0 Å². The standard InChI is InChI=1S/C15H18ClN3O2.ClH/c16-12-3-1-2-4-13(12)19-8-10(7-14(19)20)15(21)18-6-5-11(17)9-18;/h1-4,10-11H,5-9,17H2;1H/t10?,11-;/m1./s1. The SMILES string of the molecule is Cl.N[C@@H]1CCN(C(=O)C2CC(=O)N(c3ccccc3Cl)C2)C1. The summed E-state index contributed by atoms with van der Waals surface area (Å²) in [6.45, 7) is 1.68. The highest BCUT2D eigenvalue weighted by molar-refractivity contribution is 6.33. The summed E-state index contributed by atoms with van der Waals surface area (Å²) in [4.78, 5) is 28.0. The number of nitrogens with zero attached hydrogens (tertiary/aromatic N) is 2. The summed E-state index contributed by atoms with van der Waals surface area (Å²) in [5, 5.41) is 0.530. The van der Waals surface area contributed by atoms with E-state index in [-0.39, 0.29) is 42.6 Å². The maximum atomic E-state index is 12.5. The molecule has 0 spiro atoms. The molecule has 2 heterocycles. The van der Waals surface area contributed by atoms with Crippen LogP contribution in [0.2, 0.25) is 5.02 Å². The average molecular weight is 344 g/mol. The van der Waals surface area contributed by atoms with Gasteiger partial charge in [-0.2, -0.15) is 0 Å². The normalized spacial score (nSPS) is 24.5. The van der Waals surface area contributed by atoms with E-state index in [4.69, 9.17) is 17.3 Å². The predicted octanol–water partition coefficient (Wildman–Crippen LogP) is 1.67. The maximum absolute atomic E-state index is 12.5. The summed E-state index contributed by atoms with van der Waals surface area (Å²) >= 11 is 6.14. The highest BCUT2D eigenvalue weighted by Gasteiger charge is 2.39. The Labute approximate surface area is 140 Å². The molecule has 0 aromatic heterocycles. The van der Waals surface area contributed by atoms with Crippen molar-refractivity contribution in [3.05, 3.63) is 29.3 Å². The van der Waals surface area contributed by atoms with E-state index in [1.807, 2.05) is 12.1 Å². The van der Waals surface area contributed by atoms with Crippen LogP contribution in [0.25, 0.3) is 0 Å². The fourth-order valence-electron chi connectivity index (χ4n) is 3.02. The molecule has 3 rings (SSSR count). The molecule has 2 aliphatic rings. The van der Waals surface area contributed by atoms with E-state index in [1.165, 1.54) is 0 Å². The number of hydrogen-bond acceptors (Lipinski definition) is 3. The number of amides is 2. The van der Waals surface area contributed by atoms with E-state index in [9.17, 15) is 9.59 Å². The fraction of sp³-hybridized carbons (Fsp3) is 0.467. The minimum Gasteiger partial charge on any atom is -0.341 e. The van der Waals surface area contributed by atoms with Gasteiger partial charge in [-0.05, 0) is 18.6 Å². The van der Waals surface area contributed by atoms with Crippen LogP contribution in [0.5, 0.6) is 0 Å². The Hall–Kier alpha value is -1.30. The third kappa shape index (κ3) is 3.21. The predicted molar refractivity (Wildman–Crippen MR) is 88.3 cm³/mol. The van der Waals surface area contributed by atoms with Crippen molar-refractivity contribution in [3.8, 4) is 0 Å². The molecule has 1 aromatic carbocycles. The van der Waals surface area contributed by atoms with Crippen molar-refractivity contribution in [2.45, 2.75) is 18.9 Å². The first kappa shape index (κ1) is 17.1. The first-order valence-corrected chi connectivity index (χ1v) is 7.53. The van der Waals surface area contributed by atoms with Crippen LogP contribution < -0.4 is 10.6 Å². The van der Waals surface area contributed by atoms with Gasteiger partial charge in [-0.3, -0.25) is 9.59 Å². The van der Waals surface area contributed by atoms with E-state index in [1.54, 1.807) is 21.9 Å². The van der Waals surface area contributed by atoms with Crippen LogP contribution in [-0.4, -0.2) is 42.4 Å². The summed E-state index contributed by atoms with van der Waals surface area (Å²) in [6.07, 6.45) is 1.08. The van der Waals surface area contributed by atoms with E-state index in [0.29, 0.717) is 30.3 Å². The number of carbonyl (C=O) groups is 2. The topological polar surface area (TPSA) is 66.6 Å². The highest BCUT2D eigenvalue weighted by atomic mass is 35.5. The monoisotopic (exact) mass is 343 g/mol. The Balaban J connectivity index is 0.00000176. The Morgan fingerprint density at radius 2 is 2.00 bits per heavy atom. The van der Waals surface area contributed by atoms with Crippen molar-refractivity contribution in [3.63, 3.8) is 0 Å². The number of likely N-dealkylation sites (tertiary alicyclic amines) is 1. The smallest absolute Gasteiger partial charge is 0.228 e. The van der Waals surface area contributed by atoms with Gasteiger partial charge in [0.1, 0.15) is 0 Å². The molecule has 5 nitrogen and oxygen atoms in total. The summed E-state index contributed by atoms with van der Waals surface area (Å²) in [5.41, 5.74) is 6.52. The summed E-state index contributed by atoms with van der Waals surface area (Å²) in [7, 11) is 0. The number of halogens is 2. The summed E-state index contributed by atoms with van der Waals surface area (Å²) in [6, 6.07) is 7.27. The van der Waals surface area contributed by atoms with E-state index in [0.717, 1.165) is 6.42 Å². The molecule has 2 fully saturated rings. The third-order valence-electron chi connectivity index (χ3n) is 4.15. The van der Waals surface area contributed by atoms with E-state index >= 15 is 0 Å². The first-order chi connectivity index (χ1) is 10.1. The number of rotatable bonds is 2. The molecule has 2 N–H and O–H groups in total. The molecule has 2 amide bonds. The minimum atomic E-state index is -0.293. The fourth-order valence-corrected chi connectivity index (χ4v) is 3.26. The van der Waals surface area contributed by atoms with Crippen molar-refractivity contribution < 1.29 is 9.59 Å². The van der Waals surface area contributed by atoms with Crippen LogP contribution in [0.4, 0.5) is 5.69 Å². The van der Waals surface area contributed by atoms with Crippen molar-refractivity contribution in [2.24, 2.45) is 11.7 Å². The number of hydrogen-bond donors (Lipinski definition) is 1. The van der Waals surface area contributed by atoms with Gasteiger partial charge in [0, 0.05) is 32.1 Å². The lowest BCUT2D eigenvalue weighted by molar-refractivity contribution is -0.134. The molecule has 0 saturated carbocycles. The van der Waals surface area contributed by atoms with Crippen molar-refractivity contribution >= 4 is 41.5 Å². The largest absolute Gasteiger partial charge is 0.341 e. The van der Waals surface area contributed by atoms with Crippen molar-refractivity contribution in [2.75, 3.05) is 24.5 Å². The van der Waals surface area contributed by atoms with Gasteiger partial charge in [0.15, 0.2) is 0 Å². The lowest BCUT2D eigenvalue weighted by atomic mass is 10.1. The van der Waals surface area contributed by atoms with Crippen LogP contribution >= 0.6 is 24.0 Å². The zero-order valence-corrected chi connectivity index (χ0v) is 13.6. The van der Waals surface area contributed by atoms with Gasteiger partial charge in [0.05, 0.1) is 16.6 Å². The molecule has 2 saturated heterocycles. The molecule has 0 radical (unpaired) electrons. The second-order valence-electron chi connectivity index (χ2n) is 5.69. The second-order valence-corrected chi connectivity index (χ2v) is 6.10. The van der Waals surface area contributed by atoms with Crippen LogP contribution in [-0.2, 0) is 9.59 Å². The van der Waals surface area contributed by atoms with Gasteiger partial charge in [-0.1, -0.05) is 23.7 Å². The molecule has 7 heteroatoms. The Bertz CT molecular complexity index is 582. The Morgan fingerprint density at radius 3 is 2.64 bits per heavy atom. The Morgan fingerprint density at radius 1 is 1.27 bits per heavy atom. The highest BCUT2D eigenvalue weighted by Crippen LogP contribution is 2.31. The van der Waals surface area contributed by atoms with E-state index < -0.39 is 0 Å². The van der Waals surface area contributed by atoms with Gasteiger partial charge in [0.25, 0.3) is 0 Å². The number of para-hydroxylation sites is 1. The molecule has 22 heavy (non-hydrogen) atoms. The number of carbonyl (C=O) groups excluding carboxylic acids is 2. The van der Waals surface area contributed by atoms with Crippen molar-refractivity contribution in [1.29, 1.82) is 0 Å². The lowest BCUT2D eigenvalue weighted by Crippen LogP contribution is -2.37. The van der Waals surface area contributed by atoms with Crippen LogP contribution in [0.3, 0.4) is 0 Å². The van der Waals surface area contributed by atoms with Crippen LogP contribution in [0, 0.1) is 5.92 Å². The minimum absolute atomic E-state index is 0. The summed E-state index contributed by atoms with van der Waals surface area (Å²) in [5.74, 6) is -0.310. The van der Waals surface area contributed by atoms with Crippen LogP contribution in [0.15, 0.2) is 24.3 Å². The van der Waals surface area contributed by atoms with Crippen LogP contribution in [0.1, 0.15) is 12.8 Å². The van der Waals surface area contributed by atoms with Gasteiger partial charge in [0.2, 0.25) is 11.8 Å². The van der Waals surface area contributed by atoms with Crippen molar-refractivity contribution in [1.82, 2.24) is 4.90 Å². The number of benzene rings is 1. The zero-order valence-electron chi connectivity index (χ0n) is 12.1. The Kier molecular flexibility index (Phi) is 5.32. The first-order valence-electron chi connectivity index (χ1n) is 7.15. The molecule has 1 unspecified atom stereocenters. The molecule has 2 aliphatic heterocycles. The molecule has 0 bridgehead atoms. The average Bonchev–Trinajstić information content (AvgIpc) is 3.05. The number of nitrogens with two attached hydrogens (primary N) is 1. The van der Waals surface area contributed by atoms with Gasteiger partial charge < -0.3 is 15.5 Å². The van der Waals surface area contributed by atoms with Gasteiger partial charge in [-0.15, -0.1) is 12.4 Å². The second kappa shape index (κ2) is 6.86. The quantitative estimate of drug-likeness (QED) is 0.888. The molecule has 1 aromatic rings.